The van der Waals surface area contributed by atoms with Gasteiger partial charge >= 0.3 is 0 Å². The fourth-order valence-electron chi connectivity index (χ4n) is 3.19. The van der Waals surface area contributed by atoms with Crippen molar-refractivity contribution in [3.05, 3.63) is 36.0 Å². The quantitative estimate of drug-likeness (QED) is 0.787. The maximum atomic E-state index is 5.74. The lowest BCUT2D eigenvalue weighted by molar-refractivity contribution is 0.251. The van der Waals surface area contributed by atoms with E-state index < -0.39 is 0 Å². The lowest BCUT2D eigenvalue weighted by atomic mass is 10.2. The Balaban J connectivity index is 1.41. The highest BCUT2D eigenvalue weighted by Crippen LogP contribution is 2.19. The summed E-state index contributed by atoms with van der Waals surface area (Å²) in [7, 11) is 0. The van der Waals surface area contributed by atoms with E-state index in [2.05, 4.69) is 44.9 Å². The Kier molecular flexibility index (Phi) is 4.40. The molecule has 0 radical (unpaired) electrons. The second kappa shape index (κ2) is 6.84. The van der Waals surface area contributed by atoms with E-state index in [9.17, 15) is 0 Å². The SMILES string of the molecule is CC(C)c1nnc(CN2CCCN(c3nc4ccccc4[nH]3)CC2)o1. The van der Waals surface area contributed by atoms with Gasteiger partial charge in [-0.05, 0) is 18.6 Å². The average molecular weight is 340 g/mol. The van der Waals surface area contributed by atoms with Gasteiger partial charge in [-0.2, -0.15) is 0 Å². The number of nitrogens with zero attached hydrogens (tertiary/aromatic N) is 5. The van der Waals surface area contributed by atoms with Gasteiger partial charge in [-0.1, -0.05) is 26.0 Å². The van der Waals surface area contributed by atoms with Gasteiger partial charge in [-0.15, -0.1) is 10.2 Å². The molecule has 1 fully saturated rings. The monoisotopic (exact) mass is 340 g/mol. The van der Waals surface area contributed by atoms with Crippen LogP contribution in [-0.4, -0.2) is 51.2 Å². The van der Waals surface area contributed by atoms with Crippen LogP contribution in [0.4, 0.5) is 5.95 Å². The Morgan fingerprint density at radius 2 is 2.00 bits per heavy atom. The van der Waals surface area contributed by atoms with E-state index in [4.69, 9.17) is 9.40 Å². The van der Waals surface area contributed by atoms with Crippen molar-refractivity contribution in [3.63, 3.8) is 0 Å². The number of aromatic nitrogens is 4. The molecule has 0 saturated carbocycles. The van der Waals surface area contributed by atoms with E-state index in [-0.39, 0.29) is 5.92 Å². The summed E-state index contributed by atoms with van der Waals surface area (Å²) in [5.74, 6) is 2.66. The normalized spacial score (nSPS) is 16.7. The second-order valence-corrected chi connectivity index (χ2v) is 6.88. The summed E-state index contributed by atoms with van der Waals surface area (Å²) in [4.78, 5) is 12.9. The largest absolute Gasteiger partial charge is 0.424 e. The molecule has 3 aromatic rings. The van der Waals surface area contributed by atoms with Gasteiger partial charge in [-0.25, -0.2) is 4.98 Å². The van der Waals surface area contributed by atoms with E-state index in [1.165, 1.54) is 0 Å². The third kappa shape index (κ3) is 3.51. The first-order chi connectivity index (χ1) is 12.2. The Morgan fingerprint density at radius 3 is 2.80 bits per heavy atom. The molecule has 1 aromatic carbocycles. The minimum Gasteiger partial charge on any atom is -0.424 e. The van der Waals surface area contributed by atoms with Gasteiger partial charge in [0.15, 0.2) is 0 Å². The molecule has 3 heterocycles. The molecular formula is C18H24N6O. The molecule has 0 bridgehead atoms. The van der Waals surface area contributed by atoms with Crippen LogP contribution in [0.25, 0.3) is 11.0 Å². The van der Waals surface area contributed by atoms with E-state index in [1.807, 2.05) is 18.2 Å². The first-order valence-corrected chi connectivity index (χ1v) is 8.93. The van der Waals surface area contributed by atoms with Crippen molar-refractivity contribution in [1.29, 1.82) is 0 Å². The molecule has 7 heteroatoms. The maximum absolute atomic E-state index is 5.74. The first kappa shape index (κ1) is 16.1. The van der Waals surface area contributed by atoms with Crippen molar-refractivity contribution in [2.75, 3.05) is 31.1 Å². The number of imidazole rings is 1. The van der Waals surface area contributed by atoms with Crippen molar-refractivity contribution >= 4 is 17.0 Å². The molecule has 1 N–H and O–H groups in total. The van der Waals surface area contributed by atoms with Gasteiger partial charge in [0, 0.05) is 32.1 Å². The minimum atomic E-state index is 0.272. The molecular weight excluding hydrogens is 316 g/mol. The van der Waals surface area contributed by atoms with Crippen LogP contribution < -0.4 is 4.90 Å². The smallest absolute Gasteiger partial charge is 0.230 e. The minimum absolute atomic E-state index is 0.272. The number of H-pyrrole nitrogens is 1. The number of rotatable bonds is 4. The number of hydrogen-bond donors (Lipinski definition) is 1. The molecule has 2 aromatic heterocycles. The first-order valence-electron chi connectivity index (χ1n) is 8.93. The number of aromatic amines is 1. The number of fused-ring (bicyclic) bond motifs is 1. The van der Waals surface area contributed by atoms with Gasteiger partial charge in [0.05, 0.1) is 17.6 Å². The number of para-hydroxylation sites is 2. The van der Waals surface area contributed by atoms with Crippen LogP contribution in [0.3, 0.4) is 0 Å². The fourth-order valence-corrected chi connectivity index (χ4v) is 3.19. The molecule has 0 atom stereocenters. The summed E-state index contributed by atoms with van der Waals surface area (Å²) < 4.78 is 5.74. The molecule has 132 valence electrons. The van der Waals surface area contributed by atoms with Crippen LogP contribution in [0.1, 0.15) is 38.0 Å². The maximum Gasteiger partial charge on any atom is 0.230 e. The highest BCUT2D eigenvalue weighted by atomic mass is 16.4. The Morgan fingerprint density at radius 1 is 1.12 bits per heavy atom. The van der Waals surface area contributed by atoms with Crippen LogP contribution in [0, 0.1) is 0 Å². The summed E-state index contributed by atoms with van der Waals surface area (Å²) >= 11 is 0. The van der Waals surface area contributed by atoms with Crippen LogP contribution in [0.5, 0.6) is 0 Å². The van der Waals surface area contributed by atoms with Gasteiger partial charge in [0.25, 0.3) is 0 Å². The molecule has 0 unspecified atom stereocenters. The third-order valence-electron chi connectivity index (χ3n) is 4.60. The Labute approximate surface area is 147 Å². The lowest BCUT2D eigenvalue weighted by Gasteiger charge is -2.20. The van der Waals surface area contributed by atoms with Crippen LogP contribution >= 0.6 is 0 Å². The predicted octanol–water partition coefficient (Wildman–Crippen LogP) is 2.78. The summed E-state index contributed by atoms with van der Waals surface area (Å²) in [5.41, 5.74) is 2.11. The Bertz CT molecular complexity index is 806. The average Bonchev–Trinajstić information content (AvgIpc) is 3.18. The number of anilines is 1. The zero-order chi connectivity index (χ0) is 17.2. The Hall–Kier alpha value is -2.41. The summed E-state index contributed by atoms with van der Waals surface area (Å²) in [6.07, 6.45) is 1.09. The van der Waals surface area contributed by atoms with Crippen molar-refractivity contribution in [1.82, 2.24) is 25.1 Å². The molecule has 1 saturated heterocycles. The third-order valence-corrected chi connectivity index (χ3v) is 4.60. The zero-order valence-electron chi connectivity index (χ0n) is 14.8. The molecule has 7 nitrogen and oxygen atoms in total. The topological polar surface area (TPSA) is 74.1 Å². The van der Waals surface area contributed by atoms with E-state index in [0.29, 0.717) is 18.3 Å². The summed E-state index contributed by atoms with van der Waals surface area (Å²) in [6.45, 7) is 8.76. The van der Waals surface area contributed by atoms with E-state index in [1.54, 1.807) is 0 Å². The molecule has 0 spiro atoms. The molecule has 1 aliphatic rings. The number of hydrogen-bond acceptors (Lipinski definition) is 6. The molecule has 1 aliphatic heterocycles. The molecule has 0 amide bonds. The zero-order valence-corrected chi connectivity index (χ0v) is 14.8. The van der Waals surface area contributed by atoms with E-state index in [0.717, 1.165) is 49.6 Å². The lowest BCUT2D eigenvalue weighted by Crippen LogP contribution is -2.31. The number of benzene rings is 1. The van der Waals surface area contributed by atoms with Crippen LogP contribution in [0.15, 0.2) is 28.7 Å². The van der Waals surface area contributed by atoms with E-state index >= 15 is 0 Å². The second-order valence-electron chi connectivity index (χ2n) is 6.88. The van der Waals surface area contributed by atoms with Gasteiger partial charge in [0.2, 0.25) is 17.7 Å². The number of nitrogens with one attached hydrogen (secondary N) is 1. The van der Waals surface area contributed by atoms with Gasteiger partial charge < -0.3 is 14.3 Å². The highest BCUT2D eigenvalue weighted by molar-refractivity contribution is 5.77. The molecule has 4 rings (SSSR count). The highest BCUT2D eigenvalue weighted by Gasteiger charge is 2.19. The van der Waals surface area contributed by atoms with Crippen molar-refractivity contribution in [3.8, 4) is 0 Å². The van der Waals surface area contributed by atoms with Gasteiger partial charge in [0.1, 0.15) is 0 Å². The van der Waals surface area contributed by atoms with Crippen LogP contribution in [0.2, 0.25) is 0 Å². The predicted molar refractivity (Wildman–Crippen MR) is 96.6 cm³/mol. The van der Waals surface area contributed by atoms with Gasteiger partial charge in [-0.3, -0.25) is 4.90 Å². The summed E-state index contributed by atoms with van der Waals surface area (Å²) in [6, 6.07) is 8.16. The summed E-state index contributed by atoms with van der Waals surface area (Å²) in [5, 5.41) is 8.30. The van der Waals surface area contributed by atoms with Crippen molar-refractivity contribution in [2.45, 2.75) is 32.7 Å². The molecule has 25 heavy (non-hydrogen) atoms. The van der Waals surface area contributed by atoms with Crippen LogP contribution in [-0.2, 0) is 6.54 Å². The fraction of sp³-hybridized carbons (Fsp3) is 0.500. The van der Waals surface area contributed by atoms with Crippen molar-refractivity contribution < 1.29 is 4.42 Å². The standard InChI is InChI=1S/C18H24N6O/c1-13(2)17-22-21-16(25-17)12-23-8-5-9-24(11-10-23)18-19-14-6-3-4-7-15(14)20-18/h3-4,6-7,13H,5,8-12H2,1-2H3,(H,19,20). The molecule has 0 aliphatic carbocycles. The van der Waals surface area contributed by atoms with Crippen molar-refractivity contribution in [2.24, 2.45) is 0 Å².